The number of likely N-dealkylation sites (N-methyl/N-ethyl adjacent to an activating group) is 1. The number of hydrogen-bond donors (Lipinski definition) is 1. The van der Waals surface area contributed by atoms with Gasteiger partial charge >= 0.3 is 0 Å². The fourth-order valence-electron chi connectivity index (χ4n) is 2.60. The van der Waals surface area contributed by atoms with E-state index in [-0.39, 0.29) is 0 Å². The SMILES string of the molecule is CN1CCN(CCCCCNS(=O)(=O)c2ccccc2)CC1. The Labute approximate surface area is 134 Å². The molecule has 0 aliphatic carbocycles. The van der Waals surface area contributed by atoms with Gasteiger partial charge in [-0.15, -0.1) is 0 Å². The number of unbranched alkanes of at least 4 members (excludes halogenated alkanes) is 2. The molecule has 22 heavy (non-hydrogen) atoms. The normalized spacial score (nSPS) is 17.7. The van der Waals surface area contributed by atoms with Crippen LogP contribution in [0.25, 0.3) is 0 Å². The molecule has 1 fully saturated rings. The molecule has 5 nitrogen and oxygen atoms in total. The van der Waals surface area contributed by atoms with Crippen LogP contribution in [0, 0.1) is 0 Å². The molecule has 1 aliphatic rings. The molecule has 1 aromatic carbocycles. The first-order chi connectivity index (χ1) is 10.6. The van der Waals surface area contributed by atoms with Gasteiger partial charge in [0.15, 0.2) is 0 Å². The number of benzene rings is 1. The van der Waals surface area contributed by atoms with E-state index in [2.05, 4.69) is 21.6 Å². The van der Waals surface area contributed by atoms with Gasteiger partial charge in [0.25, 0.3) is 0 Å². The van der Waals surface area contributed by atoms with Crippen LogP contribution in [0.2, 0.25) is 0 Å². The molecule has 0 atom stereocenters. The van der Waals surface area contributed by atoms with Crippen LogP contribution >= 0.6 is 0 Å². The second-order valence-electron chi connectivity index (χ2n) is 5.92. The molecule has 1 N–H and O–H groups in total. The summed E-state index contributed by atoms with van der Waals surface area (Å²) in [7, 11) is -1.18. The summed E-state index contributed by atoms with van der Waals surface area (Å²) in [5.74, 6) is 0. The Bertz CT molecular complexity index is 526. The summed E-state index contributed by atoms with van der Waals surface area (Å²) in [6.07, 6.45) is 3.08. The Balaban J connectivity index is 1.58. The molecular weight excluding hydrogens is 298 g/mol. The molecule has 1 aromatic rings. The molecule has 1 heterocycles. The molecule has 0 bridgehead atoms. The van der Waals surface area contributed by atoms with Crippen molar-refractivity contribution in [3.05, 3.63) is 30.3 Å². The van der Waals surface area contributed by atoms with Crippen molar-refractivity contribution in [2.75, 3.05) is 46.3 Å². The molecule has 2 rings (SSSR count). The highest BCUT2D eigenvalue weighted by atomic mass is 32.2. The number of piperazine rings is 1. The first-order valence-corrected chi connectivity index (χ1v) is 9.52. The molecule has 1 aliphatic heterocycles. The van der Waals surface area contributed by atoms with E-state index in [4.69, 9.17) is 0 Å². The molecule has 0 spiro atoms. The predicted molar refractivity (Wildman–Crippen MR) is 89.4 cm³/mol. The van der Waals surface area contributed by atoms with Gasteiger partial charge in [-0.2, -0.15) is 0 Å². The first-order valence-electron chi connectivity index (χ1n) is 8.03. The van der Waals surface area contributed by atoms with E-state index in [1.165, 1.54) is 0 Å². The summed E-state index contributed by atoms with van der Waals surface area (Å²) in [5, 5.41) is 0. The Hall–Kier alpha value is -0.950. The van der Waals surface area contributed by atoms with Crippen molar-refractivity contribution in [1.29, 1.82) is 0 Å². The average molecular weight is 325 g/mol. The Morgan fingerprint density at radius 1 is 1.00 bits per heavy atom. The van der Waals surface area contributed by atoms with Gasteiger partial charge in [-0.1, -0.05) is 24.6 Å². The van der Waals surface area contributed by atoms with Crippen LogP contribution in [0.4, 0.5) is 0 Å². The van der Waals surface area contributed by atoms with Gasteiger partial charge in [0, 0.05) is 32.7 Å². The third-order valence-electron chi connectivity index (χ3n) is 4.09. The van der Waals surface area contributed by atoms with Crippen LogP contribution in [-0.4, -0.2) is 64.5 Å². The second-order valence-corrected chi connectivity index (χ2v) is 7.68. The van der Waals surface area contributed by atoms with Crippen LogP contribution in [0.1, 0.15) is 19.3 Å². The fraction of sp³-hybridized carbons (Fsp3) is 0.625. The van der Waals surface area contributed by atoms with E-state index in [0.717, 1.165) is 52.0 Å². The van der Waals surface area contributed by atoms with Crippen LogP contribution in [0.5, 0.6) is 0 Å². The van der Waals surface area contributed by atoms with Crippen LogP contribution in [0.15, 0.2) is 35.2 Å². The maximum atomic E-state index is 12.0. The monoisotopic (exact) mass is 325 g/mol. The van der Waals surface area contributed by atoms with E-state index < -0.39 is 10.0 Å². The molecule has 0 aromatic heterocycles. The minimum atomic E-state index is -3.34. The van der Waals surface area contributed by atoms with Gasteiger partial charge in [-0.05, 0) is 38.6 Å². The largest absolute Gasteiger partial charge is 0.304 e. The summed E-state index contributed by atoms with van der Waals surface area (Å²) in [6.45, 7) is 6.24. The molecule has 0 saturated carbocycles. The minimum Gasteiger partial charge on any atom is -0.304 e. The van der Waals surface area contributed by atoms with Crippen LogP contribution in [-0.2, 0) is 10.0 Å². The lowest BCUT2D eigenvalue weighted by Crippen LogP contribution is -2.44. The maximum Gasteiger partial charge on any atom is 0.240 e. The third-order valence-corrected chi connectivity index (χ3v) is 5.57. The first kappa shape index (κ1) is 17.4. The zero-order valence-corrected chi connectivity index (χ0v) is 14.2. The van der Waals surface area contributed by atoms with Crippen molar-refractivity contribution in [3.63, 3.8) is 0 Å². The number of rotatable bonds is 8. The van der Waals surface area contributed by atoms with Crippen molar-refractivity contribution < 1.29 is 8.42 Å². The van der Waals surface area contributed by atoms with E-state index in [9.17, 15) is 8.42 Å². The highest BCUT2D eigenvalue weighted by Crippen LogP contribution is 2.07. The maximum absolute atomic E-state index is 12.0. The zero-order valence-electron chi connectivity index (χ0n) is 13.4. The lowest BCUT2D eigenvalue weighted by Gasteiger charge is -2.32. The Morgan fingerprint density at radius 2 is 1.68 bits per heavy atom. The topological polar surface area (TPSA) is 52.6 Å². The standard InChI is InChI=1S/C16H27N3O2S/c1-18-12-14-19(15-13-18)11-7-3-6-10-17-22(20,21)16-8-4-2-5-9-16/h2,4-5,8-9,17H,3,6-7,10-15H2,1H3. The summed E-state index contributed by atoms with van der Waals surface area (Å²) in [4.78, 5) is 5.19. The second kappa shape index (κ2) is 8.62. The number of sulfonamides is 1. The molecule has 124 valence electrons. The van der Waals surface area contributed by atoms with Crippen LogP contribution < -0.4 is 4.72 Å². The lowest BCUT2D eigenvalue weighted by molar-refractivity contribution is 0.152. The molecule has 0 radical (unpaired) electrons. The van der Waals surface area contributed by atoms with Gasteiger partial charge in [0.1, 0.15) is 0 Å². The minimum absolute atomic E-state index is 0.340. The number of nitrogens with one attached hydrogen (secondary N) is 1. The Kier molecular flexibility index (Phi) is 6.82. The molecule has 6 heteroatoms. The van der Waals surface area contributed by atoms with Crippen molar-refractivity contribution in [3.8, 4) is 0 Å². The lowest BCUT2D eigenvalue weighted by atomic mass is 10.2. The van der Waals surface area contributed by atoms with E-state index in [0.29, 0.717) is 11.4 Å². The van der Waals surface area contributed by atoms with Crippen molar-refractivity contribution >= 4 is 10.0 Å². The summed E-state index contributed by atoms with van der Waals surface area (Å²) in [5.41, 5.74) is 0. The number of hydrogen-bond acceptors (Lipinski definition) is 4. The van der Waals surface area contributed by atoms with E-state index >= 15 is 0 Å². The number of nitrogens with zero attached hydrogens (tertiary/aromatic N) is 2. The van der Waals surface area contributed by atoms with E-state index in [1.807, 2.05) is 6.07 Å². The average Bonchev–Trinajstić information content (AvgIpc) is 2.53. The summed E-state index contributed by atoms with van der Waals surface area (Å²) < 4.78 is 26.7. The van der Waals surface area contributed by atoms with Gasteiger partial charge in [-0.3, -0.25) is 0 Å². The summed E-state index contributed by atoms with van der Waals surface area (Å²) in [6, 6.07) is 8.54. The van der Waals surface area contributed by atoms with Crippen molar-refractivity contribution in [1.82, 2.24) is 14.5 Å². The van der Waals surface area contributed by atoms with E-state index in [1.54, 1.807) is 24.3 Å². The van der Waals surface area contributed by atoms with Gasteiger partial charge < -0.3 is 9.80 Å². The smallest absolute Gasteiger partial charge is 0.240 e. The quantitative estimate of drug-likeness (QED) is 0.734. The van der Waals surface area contributed by atoms with Crippen molar-refractivity contribution in [2.45, 2.75) is 24.2 Å². The van der Waals surface area contributed by atoms with Gasteiger partial charge in [-0.25, -0.2) is 13.1 Å². The third kappa shape index (κ3) is 5.68. The molecule has 1 saturated heterocycles. The van der Waals surface area contributed by atoms with Crippen LogP contribution in [0.3, 0.4) is 0 Å². The highest BCUT2D eigenvalue weighted by molar-refractivity contribution is 7.89. The zero-order chi connectivity index (χ0) is 15.8. The fourth-order valence-corrected chi connectivity index (χ4v) is 3.69. The van der Waals surface area contributed by atoms with Gasteiger partial charge in [0.2, 0.25) is 10.0 Å². The molecule has 0 amide bonds. The van der Waals surface area contributed by atoms with Crippen molar-refractivity contribution in [2.24, 2.45) is 0 Å². The molecule has 0 unspecified atom stereocenters. The molecular formula is C16H27N3O2S. The van der Waals surface area contributed by atoms with Gasteiger partial charge in [0.05, 0.1) is 4.90 Å². The highest BCUT2D eigenvalue weighted by Gasteiger charge is 2.13. The predicted octanol–water partition coefficient (Wildman–Crippen LogP) is 1.38. The Morgan fingerprint density at radius 3 is 2.36 bits per heavy atom. The summed E-state index contributed by atoms with van der Waals surface area (Å²) >= 11 is 0.